The number of benzene rings is 2. The van der Waals surface area contributed by atoms with E-state index in [4.69, 9.17) is 16.3 Å². The van der Waals surface area contributed by atoms with E-state index in [-0.39, 0.29) is 5.91 Å². The van der Waals surface area contributed by atoms with Crippen molar-refractivity contribution in [1.82, 2.24) is 15.1 Å². The number of aryl methyl sites for hydroxylation is 2. The average molecular weight is 425 g/mol. The lowest BCUT2D eigenvalue weighted by molar-refractivity contribution is 0.0601. The molecule has 0 unspecified atom stereocenters. The molecule has 1 aliphatic heterocycles. The summed E-state index contributed by atoms with van der Waals surface area (Å²) >= 11 is 6.13. The van der Waals surface area contributed by atoms with Gasteiger partial charge in [0.1, 0.15) is 5.69 Å². The molecule has 1 fully saturated rings. The molecule has 1 aromatic heterocycles. The number of H-pyrrole nitrogens is 1. The molecule has 3 aromatic rings. The largest absolute Gasteiger partial charge is 0.491 e. The van der Waals surface area contributed by atoms with Crippen molar-refractivity contribution in [3.8, 4) is 17.0 Å². The van der Waals surface area contributed by atoms with Crippen molar-refractivity contribution in [1.29, 1.82) is 0 Å². The molecule has 6 nitrogen and oxygen atoms in total. The first kappa shape index (κ1) is 20.3. The van der Waals surface area contributed by atoms with Crippen molar-refractivity contribution >= 4 is 23.2 Å². The summed E-state index contributed by atoms with van der Waals surface area (Å²) in [6.07, 6.45) is 0. The van der Waals surface area contributed by atoms with Crippen LogP contribution in [0.25, 0.3) is 11.3 Å². The standard InChI is InChI=1S/C23H25ClN4O2/c1-13-9-14(2)19(10-18(13)20-21(30-4)22(24)27-26-20)23(29)28-11-16(12-28)15-5-7-17(25-3)8-6-15/h5-10,16,25H,11-12H2,1-4H3,(H,26,27). The molecule has 0 bridgehead atoms. The van der Waals surface area contributed by atoms with Crippen LogP contribution in [-0.4, -0.2) is 48.3 Å². The van der Waals surface area contributed by atoms with Gasteiger partial charge in [0.05, 0.1) is 7.11 Å². The summed E-state index contributed by atoms with van der Waals surface area (Å²) in [4.78, 5) is 15.1. The lowest BCUT2D eigenvalue weighted by atomic mass is 9.89. The second-order valence-corrected chi connectivity index (χ2v) is 8.06. The van der Waals surface area contributed by atoms with E-state index < -0.39 is 0 Å². The Hall–Kier alpha value is -2.99. The van der Waals surface area contributed by atoms with E-state index in [1.54, 1.807) is 7.11 Å². The molecular weight excluding hydrogens is 400 g/mol. The zero-order valence-electron chi connectivity index (χ0n) is 17.5. The Balaban J connectivity index is 1.56. The van der Waals surface area contributed by atoms with Crippen LogP contribution in [0.5, 0.6) is 5.75 Å². The summed E-state index contributed by atoms with van der Waals surface area (Å²) in [5, 5.41) is 10.5. The number of carbonyl (C=O) groups excluding carboxylic acids is 1. The monoisotopic (exact) mass is 424 g/mol. The Labute approximate surface area is 181 Å². The fourth-order valence-electron chi connectivity index (χ4n) is 3.96. The maximum absolute atomic E-state index is 13.2. The minimum atomic E-state index is 0.0393. The molecule has 0 atom stereocenters. The average Bonchev–Trinajstić information content (AvgIpc) is 3.07. The van der Waals surface area contributed by atoms with Crippen LogP contribution in [0.3, 0.4) is 0 Å². The van der Waals surface area contributed by atoms with Gasteiger partial charge in [-0.05, 0) is 48.7 Å². The Kier molecular flexibility index (Phi) is 5.43. The van der Waals surface area contributed by atoms with Crippen LogP contribution in [0.2, 0.25) is 5.15 Å². The quantitative estimate of drug-likeness (QED) is 0.626. The van der Waals surface area contributed by atoms with Crippen molar-refractivity contribution in [3.05, 3.63) is 63.8 Å². The lowest BCUT2D eigenvalue weighted by Crippen LogP contribution is -2.48. The summed E-state index contributed by atoms with van der Waals surface area (Å²) in [6, 6.07) is 12.3. The number of aromatic amines is 1. The minimum absolute atomic E-state index is 0.0393. The number of hydrogen-bond acceptors (Lipinski definition) is 4. The Bertz CT molecular complexity index is 1090. The third-order valence-electron chi connectivity index (χ3n) is 5.78. The smallest absolute Gasteiger partial charge is 0.254 e. The second kappa shape index (κ2) is 8.03. The molecule has 0 aliphatic carbocycles. The van der Waals surface area contributed by atoms with Crippen LogP contribution < -0.4 is 10.1 Å². The third kappa shape index (κ3) is 3.52. The second-order valence-electron chi connectivity index (χ2n) is 7.68. The molecular formula is C23H25ClN4O2. The predicted molar refractivity (Wildman–Crippen MR) is 120 cm³/mol. The maximum atomic E-state index is 13.2. The van der Waals surface area contributed by atoms with Gasteiger partial charge in [0.15, 0.2) is 10.9 Å². The van der Waals surface area contributed by atoms with Gasteiger partial charge < -0.3 is 15.0 Å². The molecule has 1 saturated heterocycles. The maximum Gasteiger partial charge on any atom is 0.254 e. The number of hydrogen-bond donors (Lipinski definition) is 2. The van der Waals surface area contributed by atoms with Gasteiger partial charge in [-0.3, -0.25) is 9.89 Å². The number of nitrogens with zero attached hydrogens (tertiary/aromatic N) is 2. The molecule has 2 heterocycles. The zero-order chi connectivity index (χ0) is 21.4. The molecule has 2 aromatic carbocycles. The highest BCUT2D eigenvalue weighted by Crippen LogP contribution is 2.37. The molecule has 2 N–H and O–H groups in total. The van der Waals surface area contributed by atoms with E-state index in [2.05, 4.69) is 39.8 Å². The normalized spacial score (nSPS) is 13.8. The van der Waals surface area contributed by atoms with E-state index in [0.29, 0.717) is 28.1 Å². The Morgan fingerprint density at radius 3 is 2.53 bits per heavy atom. The van der Waals surface area contributed by atoms with E-state index in [0.717, 1.165) is 35.5 Å². The van der Waals surface area contributed by atoms with Gasteiger partial charge >= 0.3 is 0 Å². The zero-order valence-corrected chi connectivity index (χ0v) is 18.3. The van der Waals surface area contributed by atoms with Gasteiger partial charge in [-0.2, -0.15) is 5.10 Å². The summed E-state index contributed by atoms with van der Waals surface area (Å²) < 4.78 is 5.39. The summed E-state index contributed by atoms with van der Waals surface area (Å²) in [5.41, 5.74) is 6.43. The van der Waals surface area contributed by atoms with Gasteiger partial charge in [-0.1, -0.05) is 29.8 Å². The molecule has 156 valence electrons. The Morgan fingerprint density at radius 1 is 1.20 bits per heavy atom. The van der Waals surface area contributed by atoms with E-state index in [1.165, 1.54) is 5.56 Å². The molecule has 1 amide bonds. The van der Waals surface area contributed by atoms with E-state index in [9.17, 15) is 4.79 Å². The number of likely N-dealkylation sites (tertiary alicyclic amines) is 1. The topological polar surface area (TPSA) is 70.2 Å². The van der Waals surface area contributed by atoms with Crippen LogP contribution in [-0.2, 0) is 0 Å². The molecule has 0 radical (unpaired) electrons. The van der Waals surface area contributed by atoms with Crippen molar-refractivity contribution in [2.45, 2.75) is 19.8 Å². The van der Waals surface area contributed by atoms with Crippen LogP contribution >= 0.6 is 11.6 Å². The number of rotatable bonds is 5. The van der Waals surface area contributed by atoms with Gasteiger partial charge in [-0.25, -0.2) is 0 Å². The summed E-state index contributed by atoms with van der Waals surface area (Å²) in [5.74, 6) is 0.892. The number of carbonyl (C=O) groups is 1. The summed E-state index contributed by atoms with van der Waals surface area (Å²) in [7, 11) is 3.46. The predicted octanol–water partition coefficient (Wildman–Crippen LogP) is 4.64. The first-order valence-corrected chi connectivity index (χ1v) is 10.3. The SMILES string of the molecule is CNc1ccc(C2CN(C(=O)c3cc(-c4n[nH]c(Cl)c4OC)c(C)cc3C)C2)cc1. The lowest BCUT2D eigenvalue weighted by Gasteiger charge is -2.40. The number of aromatic nitrogens is 2. The number of anilines is 1. The van der Waals surface area contributed by atoms with Crippen molar-refractivity contribution < 1.29 is 9.53 Å². The highest BCUT2D eigenvalue weighted by molar-refractivity contribution is 6.31. The fraction of sp³-hybridized carbons (Fsp3) is 0.304. The van der Waals surface area contributed by atoms with Crippen molar-refractivity contribution in [2.75, 3.05) is 32.6 Å². The Morgan fingerprint density at radius 2 is 1.90 bits per heavy atom. The van der Waals surface area contributed by atoms with Gasteiger partial charge in [0.2, 0.25) is 0 Å². The highest BCUT2D eigenvalue weighted by Gasteiger charge is 2.33. The number of methoxy groups -OCH3 is 1. The third-order valence-corrected chi connectivity index (χ3v) is 6.04. The van der Waals surface area contributed by atoms with Gasteiger partial charge in [0.25, 0.3) is 5.91 Å². The first-order chi connectivity index (χ1) is 14.4. The van der Waals surface area contributed by atoms with Crippen molar-refractivity contribution in [3.63, 3.8) is 0 Å². The van der Waals surface area contributed by atoms with Crippen LogP contribution in [0.4, 0.5) is 5.69 Å². The molecule has 7 heteroatoms. The first-order valence-electron chi connectivity index (χ1n) is 9.89. The molecule has 0 spiro atoms. The molecule has 1 aliphatic rings. The number of amides is 1. The number of ether oxygens (including phenoxy) is 1. The molecule has 0 saturated carbocycles. The van der Waals surface area contributed by atoms with Crippen LogP contribution in [0.15, 0.2) is 36.4 Å². The molecule has 4 rings (SSSR count). The number of halogens is 1. The summed E-state index contributed by atoms with van der Waals surface area (Å²) in [6.45, 7) is 5.40. The van der Waals surface area contributed by atoms with Crippen LogP contribution in [0.1, 0.15) is 33.0 Å². The minimum Gasteiger partial charge on any atom is -0.491 e. The van der Waals surface area contributed by atoms with E-state index in [1.807, 2.05) is 37.9 Å². The van der Waals surface area contributed by atoms with Gasteiger partial charge in [-0.15, -0.1) is 0 Å². The van der Waals surface area contributed by atoms with E-state index >= 15 is 0 Å². The highest BCUT2D eigenvalue weighted by atomic mass is 35.5. The van der Waals surface area contributed by atoms with Crippen LogP contribution in [0, 0.1) is 13.8 Å². The number of nitrogens with one attached hydrogen (secondary N) is 2. The molecule has 30 heavy (non-hydrogen) atoms. The fourth-order valence-corrected chi connectivity index (χ4v) is 4.17. The van der Waals surface area contributed by atoms with Gasteiger partial charge in [0, 0.05) is 42.9 Å². The van der Waals surface area contributed by atoms with Crippen molar-refractivity contribution in [2.24, 2.45) is 0 Å².